The highest BCUT2D eigenvalue weighted by Crippen LogP contribution is 2.71. The van der Waals surface area contributed by atoms with E-state index in [1.54, 1.807) is 26.8 Å². The summed E-state index contributed by atoms with van der Waals surface area (Å²) in [6.07, 6.45) is 3.89. The number of aliphatic hydroxyl groups is 3. The van der Waals surface area contributed by atoms with E-state index < -0.39 is 52.4 Å². The molecular weight excluding hydrogens is 375 g/mol. The molecule has 5 nitrogen and oxygen atoms in total. The van der Waals surface area contributed by atoms with Gasteiger partial charge in [0.25, 0.3) is 0 Å². The number of allylic oxidation sites excluding steroid dienone is 4. The molecule has 0 aromatic carbocycles. The molecule has 6 heteroatoms. The summed E-state index contributed by atoms with van der Waals surface area (Å²) in [5, 5.41) is 32.2. The molecule has 9 atom stereocenters. The number of carbonyl (C=O) groups is 2. The molecule has 3 N–H and O–H groups in total. The zero-order valence-electron chi connectivity index (χ0n) is 17.5. The molecule has 0 aromatic rings. The fourth-order valence-electron chi connectivity index (χ4n) is 7.65. The highest BCUT2D eigenvalue weighted by Gasteiger charge is 2.76. The van der Waals surface area contributed by atoms with Crippen molar-refractivity contribution in [2.45, 2.75) is 64.3 Å². The summed E-state index contributed by atoms with van der Waals surface area (Å²) in [5.41, 5.74) is -5.24. The van der Waals surface area contributed by atoms with Crippen LogP contribution < -0.4 is 0 Å². The third-order valence-corrected chi connectivity index (χ3v) is 9.12. The zero-order valence-corrected chi connectivity index (χ0v) is 17.5. The van der Waals surface area contributed by atoms with E-state index in [-0.39, 0.29) is 24.0 Å². The van der Waals surface area contributed by atoms with Crippen LogP contribution in [-0.4, -0.2) is 50.9 Å². The molecule has 4 aliphatic rings. The van der Waals surface area contributed by atoms with Crippen molar-refractivity contribution in [2.24, 2.45) is 34.5 Å². The number of rotatable bonds is 2. The van der Waals surface area contributed by atoms with Gasteiger partial charge >= 0.3 is 0 Å². The SMILES string of the molecule is C[C@@H]1C[C@H]2[C@@H]3C[C@H](C)C4=CC(=O)C=C[C@]4(C)[C@@]3(F)C(O)C[C@]2(C)[C@@]1(O)C(=O)CO. The van der Waals surface area contributed by atoms with Crippen LogP contribution in [-0.2, 0) is 9.59 Å². The Hall–Kier alpha value is -1.37. The highest BCUT2D eigenvalue weighted by molar-refractivity contribution is 6.01. The molecule has 4 rings (SSSR count). The largest absolute Gasteiger partial charge is 0.390 e. The fourth-order valence-corrected chi connectivity index (χ4v) is 7.65. The Morgan fingerprint density at radius 3 is 2.52 bits per heavy atom. The Morgan fingerprint density at radius 1 is 1.24 bits per heavy atom. The van der Waals surface area contributed by atoms with Crippen molar-refractivity contribution in [1.82, 2.24) is 0 Å². The van der Waals surface area contributed by atoms with Crippen LogP contribution in [0, 0.1) is 34.5 Å². The summed E-state index contributed by atoms with van der Waals surface area (Å²) in [6, 6.07) is 0. The molecular formula is C23H31FO5. The number of hydrogen-bond acceptors (Lipinski definition) is 5. The normalized spacial score (nSPS) is 53.7. The number of Topliss-reactive ketones (excluding diaryl/α,β-unsaturated/α-hetero) is 1. The van der Waals surface area contributed by atoms with E-state index in [4.69, 9.17) is 0 Å². The van der Waals surface area contributed by atoms with Crippen LogP contribution in [0.2, 0.25) is 0 Å². The molecule has 3 fully saturated rings. The minimum absolute atomic E-state index is 0.0603. The number of aliphatic hydroxyl groups excluding tert-OH is 2. The Morgan fingerprint density at radius 2 is 1.90 bits per heavy atom. The van der Waals surface area contributed by atoms with Gasteiger partial charge in [0.2, 0.25) is 0 Å². The first-order chi connectivity index (χ1) is 13.4. The minimum atomic E-state index is -2.00. The molecule has 0 aromatic heterocycles. The van der Waals surface area contributed by atoms with Crippen molar-refractivity contribution < 1.29 is 29.3 Å². The van der Waals surface area contributed by atoms with Crippen molar-refractivity contribution in [1.29, 1.82) is 0 Å². The Balaban J connectivity index is 1.87. The third kappa shape index (κ3) is 2.20. The first kappa shape index (κ1) is 20.9. The van der Waals surface area contributed by atoms with Crippen molar-refractivity contribution in [3.8, 4) is 0 Å². The second kappa shape index (κ2) is 6.08. The first-order valence-electron chi connectivity index (χ1n) is 10.6. The summed E-state index contributed by atoms with van der Waals surface area (Å²) < 4.78 is 17.0. The topological polar surface area (TPSA) is 94.8 Å². The summed E-state index contributed by atoms with van der Waals surface area (Å²) in [7, 11) is 0. The molecule has 1 unspecified atom stereocenters. The van der Waals surface area contributed by atoms with Crippen LogP contribution in [0.3, 0.4) is 0 Å². The van der Waals surface area contributed by atoms with Gasteiger partial charge in [-0.15, -0.1) is 0 Å². The molecule has 0 aliphatic heterocycles. The van der Waals surface area contributed by atoms with Crippen LogP contribution in [0.25, 0.3) is 0 Å². The van der Waals surface area contributed by atoms with Gasteiger partial charge in [-0.05, 0) is 56.1 Å². The maximum atomic E-state index is 17.0. The van der Waals surface area contributed by atoms with Crippen molar-refractivity contribution in [2.75, 3.05) is 6.61 Å². The molecule has 4 aliphatic carbocycles. The summed E-state index contributed by atoms with van der Waals surface area (Å²) in [5.74, 6) is -2.23. The predicted molar refractivity (Wildman–Crippen MR) is 104 cm³/mol. The number of hydrogen-bond donors (Lipinski definition) is 3. The third-order valence-electron chi connectivity index (χ3n) is 9.12. The van der Waals surface area contributed by atoms with Crippen LogP contribution in [0.1, 0.15) is 47.0 Å². The van der Waals surface area contributed by atoms with E-state index in [1.807, 2.05) is 6.92 Å². The van der Waals surface area contributed by atoms with E-state index in [2.05, 4.69) is 0 Å². The lowest BCUT2D eigenvalue weighted by Crippen LogP contribution is -2.70. The Labute approximate surface area is 170 Å². The van der Waals surface area contributed by atoms with Gasteiger partial charge in [-0.2, -0.15) is 0 Å². The number of halogens is 1. The van der Waals surface area contributed by atoms with E-state index in [9.17, 15) is 24.9 Å². The second-order valence-electron chi connectivity index (χ2n) is 10.3. The molecule has 0 radical (unpaired) electrons. The lowest BCUT2D eigenvalue weighted by Gasteiger charge is -2.63. The number of fused-ring (bicyclic) bond motifs is 5. The van der Waals surface area contributed by atoms with Gasteiger partial charge in [-0.3, -0.25) is 9.59 Å². The number of carbonyl (C=O) groups excluding carboxylic acids is 2. The van der Waals surface area contributed by atoms with Gasteiger partial charge < -0.3 is 15.3 Å². The van der Waals surface area contributed by atoms with Crippen molar-refractivity contribution in [3.63, 3.8) is 0 Å². The molecule has 0 heterocycles. The summed E-state index contributed by atoms with van der Waals surface area (Å²) >= 11 is 0. The maximum Gasteiger partial charge on any atom is 0.190 e. The molecule has 0 saturated heterocycles. The van der Waals surface area contributed by atoms with E-state index in [0.717, 1.165) is 0 Å². The standard InChI is InChI=1S/C23H31FO5/c1-12-7-17-16-8-13(2)23(29,19(28)11-25)21(16,4)10-18(27)22(17,24)20(3)6-5-14(26)9-15(12)20/h5-6,9,12-13,16-18,25,27,29H,7-8,10-11H2,1-4H3/t12-,13+,16-,17-,18?,20-,21-,22-,23-/m0/s1. The molecule has 0 spiro atoms. The smallest absolute Gasteiger partial charge is 0.190 e. The van der Waals surface area contributed by atoms with Crippen molar-refractivity contribution in [3.05, 3.63) is 23.8 Å². The molecule has 0 amide bonds. The van der Waals surface area contributed by atoms with Gasteiger partial charge in [-0.1, -0.05) is 32.4 Å². The van der Waals surface area contributed by atoms with Gasteiger partial charge in [0.1, 0.15) is 12.2 Å². The van der Waals surface area contributed by atoms with E-state index in [0.29, 0.717) is 18.4 Å². The quantitative estimate of drug-likeness (QED) is 0.653. The maximum absolute atomic E-state index is 17.0. The van der Waals surface area contributed by atoms with Crippen molar-refractivity contribution >= 4 is 11.6 Å². The van der Waals surface area contributed by atoms with Gasteiger partial charge in [-0.25, -0.2) is 4.39 Å². The van der Waals surface area contributed by atoms with E-state index >= 15 is 4.39 Å². The monoisotopic (exact) mass is 406 g/mol. The van der Waals surface area contributed by atoms with Gasteiger partial charge in [0, 0.05) is 16.7 Å². The van der Waals surface area contributed by atoms with Crippen LogP contribution >= 0.6 is 0 Å². The van der Waals surface area contributed by atoms with Gasteiger partial charge in [0.05, 0.1) is 6.10 Å². The van der Waals surface area contributed by atoms with Gasteiger partial charge in [0.15, 0.2) is 17.2 Å². The second-order valence-corrected chi connectivity index (χ2v) is 10.3. The molecule has 3 saturated carbocycles. The Kier molecular flexibility index (Phi) is 4.38. The van der Waals surface area contributed by atoms with E-state index in [1.165, 1.54) is 12.2 Å². The zero-order chi connectivity index (χ0) is 21.6. The number of ketones is 2. The lowest BCUT2D eigenvalue weighted by atomic mass is 9.43. The minimum Gasteiger partial charge on any atom is -0.390 e. The first-order valence-corrected chi connectivity index (χ1v) is 10.6. The highest BCUT2D eigenvalue weighted by atomic mass is 19.1. The average molecular weight is 406 g/mol. The molecule has 29 heavy (non-hydrogen) atoms. The predicted octanol–water partition coefficient (Wildman–Crippen LogP) is 2.14. The summed E-state index contributed by atoms with van der Waals surface area (Å²) in [6.45, 7) is 6.46. The fraction of sp³-hybridized carbons (Fsp3) is 0.739. The van der Waals surface area contributed by atoms with Crippen LogP contribution in [0.5, 0.6) is 0 Å². The lowest BCUT2D eigenvalue weighted by molar-refractivity contribution is -0.223. The summed E-state index contributed by atoms with van der Waals surface area (Å²) in [4.78, 5) is 24.6. The average Bonchev–Trinajstić information content (AvgIpc) is 2.86. The Bertz CT molecular complexity index is 835. The van der Waals surface area contributed by atoms with Crippen LogP contribution in [0.4, 0.5) is 4.39 Å². The molecule has 0 bridgehead atoms. The number of alkyl halides is 1. The van der Waals surface area contributed by atoms with Crippen LogP contribution in [0.15, 0.2) is 23.8 Å². The molecule has 160 valence electrons.